The van der Waals surface area contributed by atoms with Crippen molar-refractivity contribution in [2.24, 2.45) is 5.14 Å². The lowest BCUT2D eigenvalue weighted by Crippen LogP contribution is -2.45. The van der Waals surface area contributed by atoms with E-state index >= 15 is 0 Å². The van der Waals surface area contributed by atoms with Gasteiger partial charge in [-0.15, -0.1) is 0 Å². The van der Waals surface area contributed by atoms with Gasteiger partial charge in [0.2, 0.25) is 21.8 Å². The summed E-state index contributed by atoms with van der Waals surface area (Å²) in [6, 6.07) is 11.7. The molecule has 9 nitrogen and oxygen atoms in total. The largest absolute Gasteiger partial charge is 0.494 e. The highest BCUT2D eigenvalue weighted by Crippen LogP contribution is 2.27. The molecular formula is C22H25N3O6S. The smallest absolute Gasteiger partial charge is 0.257 e. The zero-order valence-electron chi connectivity index (χ0n) is 17.9. The van der Waals surface area contributed by atoms with Crippen LogP contribution in [0.4, 0.5) is 5.69 Å². The molecule has 1 saturated heterocycles. The Morgan fingerprint density at radius 1 is 1.12 bits per heavy atom. The van der Waals surface area contributed by atoms with Gasteiger partial charge in [-0.05, 0) is 55.3 Å². The van der Waals surface area contributed by atoms with E-state index < -0.39 is 22.0 Å². The molecule has 1 atom stereocenters. The molecule has 2 aromatic rings. The second-order valence-corrected chi connectivity index (χ2v) is 8.93. The Morgan fingerprint density at radius 2 is 1.75 bits per heavy atom. The van der Waals surface area contributed by atoms with Gasteiger partial charge in [0.15, 0.2) is 0 Å². The highest BCUT2D eigenvalue weighted by molar-refractivity contribution is 7.89. The molecule has 10 heteroatoms. The topological polar surface area (TPSA) is 127 Å². The van der Waals surface area contributed by atoms with Crippen LogP contribution in [-0.2, 0) is 30.8 Å². The standard InChI is InChI=1S/C22H25N3O6S/c1-3-31-18-8-6-17(7-9-18)25-21(27)14-20(22(25)28)24(15(2)26)13-12-16-4-10-19(11-5-16)32(23,29)30/h4-11,20H,3,12-14H2,1-2H3,(H2,23,29,30)/t20-/m1/s1. The average molecular weight is 460 g/mol. The van der Waals surface area contributed by atoms with Crippen LogP contribution in [0.5, 0.6) is 5.75 Å². The van der Waals surface area contributed by atoms with Crippen molar-refractivity contribution in [3.63, 3.8) is 0 Å². The Hall–Kier alpha value is -3.24. The quantitative estimate of drug-likeness (QED) is 0.596. The number of carbonyl (C=O) groups is 3. The van der Waals surface area contributed by atoms with E-state index in [4.69, 9.17) is 9.88 Å². The Labute approximate surface area is 186 Å². The SMILES string of the molecule is CCOc1ccc(N2C(=O)C[C@@H](N(CCc3ccc(S(N)(=O)=O)cc3)C(C)=O)C2=O)cc1. The number of primary sulfonamides is 1. The molecule has 0 unspecified atom stereocenters. The molecule has 1 aliphatic heterocycles. The number of nitrogens with two attached hydrogens (primary N) is 1. The minimum absolute atomic E-state index is 0.00719. The van der Waals surface area contributed by atoms with Gasteiger partial charge in [-0.25, -0.2) is 18.5 Å². The Morgan fingerprint density at radius 3 is 2.28 bits per heavy atom. The lowest BCUT2D eigenvalue weighted by Gasteiger charge is -2.26. The van der Waals surface area contributed by atoms with E-state index in [-0.39, 0.29) is 29.7 Å². The number of anilines is 1. The predicted octanol–water partition coefficient (Wildman–Crippen LogP) is 1.46. The number of ether oxygens (including phenoxy) is 1. The summed E-state index contributed by atoms with van der Waals surface area (Å²) >= 11 is 0. The molecule has 0 aliphatic carbocycles. The van der Waals surface area contributed by atoms with E-state index in [1.807, 2.05) is 6.92 Å². The molecule has 0 saturated carbocycles. The molecule has 0 bridgehead atoms. The van der Waals surface area contributed by atoms with E-state index in [0.717, 1.165) is 10.5 Å². The number of benzene rings is 2. The normalized spacial score (nSPS) is 16.3. The van der Waals surface area contributed by atoms with Crippen molar-refractivity contribution < 1.29 is 27.5 Å². The van der Waals surface area contributed by atoms with E-state index in [1.165, 1.54) is 24.0 Å². The summed E-state index contributed by atoms with van der Waals surface area (Å²) in [5.41, 5.74) is 1.19. The first-order valence-corrected chi connectivity index (χ1v) is 11.6. The molecule has 2 N–H and O–H groups in total. The Bertz CT molecular complexity index is 1110. The molecule has 3 amide bonds. The lowest BCUT2D eigenvalue weighted by molar-refractivity contribution is -0.136. The highest BCUT2D eigenvalue weighted by atomic mass is 32.2. The third-order valence-corrected chi connectivity index (χ3v) is 6.13. The fraction of sp³-hybridized carbons (Fsp3) is 0.318. The molecule has 1 fully saturated rings. The molecule has 170 valence electrons. The molecule has 32 heavy (non-hydrogen) atoms. The fourth-order valence-electron chi connectivity index (χ4n) is 3.62. The summed E-state index contributed by atoms with van der Waals surface area (Å²) in [4.78, 5) is 40.4. The molecule has 0 spiro atoms. The second-order valence-electron chi connectivity index (χ2n) is 7.37. The molecular weight excluding hydrogens is 434 g/mol. The average Bonchev–Trinajstić information content (AvgIpc) is 3.02. The van der Waals surface area contributed by atoms with Crippen LogP contribution in [-0.4, -0.2) is 50.2 Å². The van der Waals surface area contributed by atoms with Crippen LogP contribution in [0, 0.1) is 0 Å². The van der Waals surface area contributed by atoms with Crippen molar-refractivity contribution in [1.82, 2.24) is 4.90 Å². The summed E-state index contributed by atoms with van der Waals surface area (Å²) in [5.74, 6) is -0.539. The first kappa shape index (κ1) is 23.4. The van der Waals surface area contributed by atoms with Crippen LogP contribution in [0.2, 0.25) is 0 Å². The minimum atomic E-state index is -3.79. The number of sulfonamides is 1. The third kappa shape index (κ3) is 5.14. The number of hydrogen-bond donors (Lipinski definition) is 1. The zero-order chi connectivity index (χ0) is 23.5. The number of carbonyl (C=O) groups excluding carboxylic acids is 3. The van der Waals surface area contributed by atoms with Crippen LogP contribution >= 0.6 is 0 Å². The minimum Gasteiger partial charge on any atom is -0.494 e. The number of imide groups is 1. The van der Waals surface area contributed by atoms with E-state index in [9.17, 15) is 22.8 Å². The van der Waals surface area contributed by atoms with E-state index in [0.29, 0.717) is 24.5 Å². The maximum atomic E-state index is 13.0. The zero-order valence-corrected chi connectivity index (χ0v) is 18.7. The molecule has 3 rings (SSSR count). The number of nitrogens with zero attached hydrogens (tertiary/aromatic N) is 2. The van der Waals surface area contributed by atoms with E-state index in [2.05, 4.69) is 0 Å². The van der Waals surface area contributed by atoms with Gasteiger partial charge in [0.1, 0.15) is 11.8 Å². The van der Waals surface area contributed by atoms with Gasteiger partial charge >= 0.3 is 0 Å². The van der Waals surface area contributed by atoms with Gasteiger partial charge < -0.3 is 9.64 Å². The van der Waals surface area contributed by atoms with Crippen LogP contribution in [0.3, 0.4) is 0 Å². The number of amides is 3. The lowest BCUT2D eigenvalue weighted by atomic mass is 10.1. The Balaban J connectivity index is 1.73. The van der Waals surface area contributed by atoms with Gasteiger partial charge in [0.25, 0.3) is 5.91 Å². The van der Waals surface area contributed by atoms with Crippen LogP contribution in [0.1, 0.15) is 25.8 Å². The van der Waals surface area contributed by atoms with Crippen LogP contribution < -0.4 is 14.8 Å². The van der Waals surface area contributed by atoms with Crippen molar-refractivity contribution in [3.05, 3.63) is 54.1 Å². The molecule has 0 radical (unpaired) electrons. The Kier molecular flexibility index (Phi) is 6.95. The van der Waals surface area contributed by atoms with Gasteiger partial charge in [-0.2, -0.15) is 0 Å². The van der Waals surface area contributed by atoms with Crippen molar-refractivity contribution in [1.29, 1.82) is 0 Å². The third-order valence-electron chi connectivity index (χ3n) is 5.20. The van der Waals surface area contributed by atoms with Crippen LogP contribution in [0.15, 0.2) is 53.4 Å². The molecule has 2 aromatic carbocycles. The van der Waals surface area contributed by atoms with Gasteiger partial charge in [-0.1, -0.05) is 12.1 Å². The van der Waals surface area contributed by atoms with Crippen LogP contribution in [0.25, 0.3) is 0 Å². The number of rotatable bonds is 8. The van der Waals surface area contributed by atoms with Crippen molar-refractivity contribution in [2.75, 3.05) is 18.1 Å². The molecule has 0 aromatic heterocycles. The molecule has 1 heterocycles. The number of hydrogen-bond acceptors (Lipinski definition) is 6. The maximum Gasteiger partial charge on any atom is 0.257 e. The predicted molar refractivity (Wildman–Crippen MR) is 117 cm³/mol. The fourth-order valence-corrected chi connectivity index (χ4v) is 4.13. The summed E-state index contributed by atoms with van der Waals surface area (Å²) in [6.45, 7) is 3.91. The maximum absolute atomic E-state index is 13.0. The van der Waals surface area contributed by atoms with Gasteiger partial charge in [-0.3, -0.25) is 14.4 Å². The summed E-state index contributed by atoms with van der Waals surface area (Å²) in [5, 5.41) is 5.10. The van der Waals surface area contributed by atoms with Gasteiger partial charge in [0.05, 0.1) is 23.6 Å². The van der Waals surface area contributed by atoms with Crippen molar-refractivity contribution in [2.45, 2.75) is 37.6 Å². The first-order valence-electron chi connectivity index (χ1n) is 10.1. The monoisotopic (exact) mass is 459 g/mol. The highest BCUT2D eigenvalue weighted by Gasteiger charge is 2.43. The summed E-state index contributed by atoms with van der Waals surface area (Å²) in [7, 11) is -3.79. The van der Waals surface area contributed by atoms with E-state index in [1.54, 1.807) is 36.4 Å². The second kappa shape index (κ2) is 9.49. The first-order chi connectivity index (χ1) is 15.1. The van der Waals surface area contributed by atoms with Crippen molar-refractivity contribution >= 4 is 33.4 Å². The molecule has 1 aliphatic rings. The summed E-state index contributed by atoms with van der Waals surface area (Å²) < 4.78 is 28.2. The summed E-state index contributed by atoms with van der Waals surface area (Å²) in [6.07, 6.45) is 0.279. The van der Waals surface area contributed by atoms with Crippen molar-refractivity contribution in [3.8, 4) is 5.75 Å². The van der Waals surface area contributed by atoms with Gasteiger partial charge in [0, 0.05) is 13.5 Å².